The van der Waals surface area contributed by atoms with Crippen LogP contribution < -0.4 is 5.32 Å². The maximum atomic E-state index is 13.5. The first kappa shape index (κ1) is 16.3. The number of benzene rings is 1. The lowest BCUT2D eigenvalue weighted by Gasteiger charge is -2.38. The van der Waals surface area contributed by atoms with Crippen LogP contribution in [0.5, 0.6) is 0 Å². The summed E-state index contributed by atoms with van der Waals surface area (Å²) in [5.41, 5.74) is -0.715. The second-order valence-corrected chi connectivity index (χ2v) is 6.26. The van der Waals surface area contributed by atoms with Gasteiger partial charge in [0.2, 0.25) is 0 Å². The van der Waals surface area contributed by atoms with Gasteiger partial charge in [-0.3, -0.25) is 0 Å². The molecular formula is C15H17F2N5O2. The molecule has 3 rings (SSSR count). The molecule has 128 valence electrons. The zero-order chi connectivity index (χ0) is 17.5. The number of hydrogen-bond acceptors (Lipinski definition) is 4. The van der Waals surface area contributed by atoms with Crippen molar-refractivity contribution in [2.75, 3.05) is 18.4 Å². The molecular weight excluding hydrogens is 320 g/mol. The largest absolute Gasteiger partial charge is 0.384 e. The van der Waals surface area contributed by atoms with E-state index in [0.717, 1.165) is 6.07 Å². The molecule has 9 heteroatoms. The molecule has 1 aromatic carbocycles. The quantitative estimate of drug-likeness (QED) is 0.896. The number of halogens is 2. The number of nitrogens with one attached hydrogen (secondary N) is 1. The van der Waals surface area contributed by atoms with Gasteiger partial charge in [-0.2, -0.15) is 0 Å². The first-order chi connectivity index (χ1) is 11.2. The minimum absolute atomic E-state index is 0.0579. The van der Waals surface area contributed by atoms with Crippen molar-refractivity contribution in [1.29, 1.82) is 0 Å². The Bertz CT molecular complexity index is 765. The van der Waals surface area contributed by atoms with E-state index < -0.39 is 23.3 Å². The van der Waals surface area contributed by atoms with Crippen molar-refractivity contribution >= 4 is 11.7 Å². The fourth-order valence-electron chi connectivity index (χ4n) is 2.31. The third-order valence-corrected chi connectivity index (χ3v) is 3.83. The number of urea groups is 1. The lowest BCUT2D eigenvalue weighted by Crippen LogP contribution is -2.52. The van der Waals surface area contributed by atoms with Gasteiger partial charge in [-0.1, -0.05) is 5.21 Å². The summed E-state index contributed by atoms with van der Waals surface area (Å²) in [5.74, 6) is -1.53. The van der Waals surface area contributed by atoms with Crippen molar-refractivity contribution in [3.05, 3.63) is 41.7 Å². The normalized spacial score (nSPS) is 15.3. The molecule has 0 spiro atoms. The van der Waals surface area contributed by atoms with Crippen LogP contribution >= 0.6 is 0 Å². The molecule has 7 nitrogen and oxygen atoms in total. The van der Waals surface area contributed by atoms with E-state index in [2.05, 4.69) is 15.6 Å². The van der Waals surface area contributed by atoms with E-state index in [1.165, 1.54) is 11.0 Å². The molecule has 2 aromatic rings. The topological polar surface area (TPSA) is 83.3 Å². The molecule has 1 saturated heterocycles. The van der Waals surface area contributed by atoms with Crippen LogP contribution in [0.2, 0.25) is 0 Å². The highest BCUT2D eigenvalue weighted by molar-refractivity contribution is 5.90. The van der Waals surface area contributed by atoms with Crippen molar-refractivity contribution in [3.63, 3.8) is 0 Å². The van der Waals surface area contributed by atoms with E-state index in [9.17, 15) is 18.7 Å². The molecule has 1 aliphatic rings. The van der Waals surface area contributed by atoms with E-state index in [1.807, 2.05) is 0 Å². The summed E-state index contributed by atoms with van der Waals surface area (Å²) in [5, 5.41) is 20.1. The Morgan fingerprint density at radius 3 is 2.67 bits per heavy atom. The monoisotopic (exact) mass is 337 g/mol. The molecule has 2 N–H and O–H groups in total. The first-order valence-electron chi connectivity index (χ1n) is 7.39. The Kier molecular flexibility index (Phi) is 3.96. The highest BCUT2D eigenvalue weighted by Gasteiger charge is 2.34. The Morgan fingerprint density at radius 2 is 2.08 bits per heavy atom. The molecule has 2 heterocycles. The molecule has 0 radical (unpaired) electrons. The van der Waals surface area contributed by atoms with E-state index in [1.54, 1.807) is 24.7 Å². The number of hydrogen-bond donors (Lipinski definition) is 2. The third kappa shape index (κ3) is 3.21. The van der Waals surface area contributed by atoms with Crippen LogP contribution in [0.3, 0.4) is 0 Å². The second kappa shape index (κ2) is 5.82. The number of anilines is 1. The number of carbonyl (C=O) groups is 1. The molecule has 0 unspecified atom stereocenters. The molecule has 1 aliphatic heterocycles. The predicted octanol–water partition coefficient (Wildman–Crippen LogP) is 1.87. The highest BCUT2D eigenvalue weighted by atomic mass is 19.1. The minimum Gasteiger partial charge on any atom is -0.384 e. The summed E-state index contributed by atoms with van der Waals surface area (Å²) in [6.45, 7) is 3.98. The summed E-state index contributed by atoms with van der Waals surface area (Å²) in [7, 11) is 0. The van der Waals surface area contributed by atoms with Crippen molar-refractivity contribution in [1.82, 2.24) is 19.9 Å². The zero-order valence-corrected chi connectivity index (χ0v) is 13.2. The number of likely N-dealkylation sites (tertiary alicyclic amines) is 1. The SMILES string of the molecule is CC(C)(O)c1cn(C2CN(C(=O)Nc3ccc(F)cc3F)C2)nn1. The summed E-state index contributed by atoms with van der Waals surface area (Å²) in [4.78, 5) is 13.5. The molecule has 0 aliphatic carbocycles. The van der Waals surface area contributed by atoms with Crippen molar-refractivity contribution in [3.8, 4) is 0 Å². The molecule has 0 bridgehead atoms. The standard InChI is InChI=1S/C15H17F2N5O2/c1-15(2,24)13-8-22(20-19-13)10-6-21(7-10)14(23)18-12-4-3-9(16)5-11(12)17/h3-5,8,10,24H,6-7H2,1-2H3,(H,18,23). The Labute approximate surface area is 136 Å². The van der Waals surface area contributed by atoms with Gasteiger partial charge in [-0.15, -0.1) is 5.10 Å². The van der Waals surface area contributed by atoms with Gasteiger partial charge in [0.15, 0.2) is 0 Å². The van der Waals surface area contributed by atoms with E-state index in [-0.39, 0.29) is 11.7 Å². The van der Waals surface area contributed by atoms with Gasteiger partial charge in [-0.05, 0) is 26.0 Å². The van der Waals surface area contributed by atoms with Crippen molar-refractivity contribution < 1.29 is 18.7 Å². The summed E-state index contributed by atoms with van der Waals surface area (Å²) in [6.07, 6.45) is 1.64. The zero-order valence-electron chi connectivity index (χ0n) is 13.2. The average Bonchev–Trinajstić information content (AvgIpc) is 2.90. The van der Waals surface area contributed by atoms with Gasteiger partial charge >= 0.3 is 6.03 Å². The number of aliphatic hydroxyl groups is 1. The average molecular weight is 337 g/mol. The van der Waals surface area contributed by atoms with Crippen LogP contribution in [-0.4, -0.2) is 44.1 Å². The van der Waals surface area contributed by atoms with Crippen LogP contribution in [-0.2, 0) is 5.60 Å². The van der Waals surface area contributed by atoms with Crippen LogP contribution in [0.25, 0.3) is 0 Å². The first-order valence-corrected chi connectivity index (χ1v) is 7.39. The molecule has 1 fully saturated rings. The lowest BCUT2D eigenvalue weighted by molar-refractivity contribution is 0.0735. The molecule has 1 aromatic heterocycles. The van der Waals surface area contributed by atoms with E-state index in [4.69, 9.17) is 0 Å². The van der Waals surface area contributed by atoms with Crippen LogP contribution in [0.4, 0.5) is 19.3 Å². The van der Waals surface area contributed by atoms with Crippen LogP contribution in [0.1, 0.15) is 25.6 Å². The molecule has 2 amide bonds. The van der Waals surface area contributed by atoms with E-state index >= 15 is 0 Å². The van der Waals surface area contributed by atoms with Crippen molar-refractivity contribution in [2.45, 2.75) is 25.5 Å². The minimum atomic E-state index is -1.08. The molecule has 0 saturated carbocycles. The van der Waals surface area contributed by atoms with Crippen LogP contribution in [0, 0.1) is 11.6 Å². The van der Waals surface area contributed by atoms with Gasteiger partial charge < -0.3 is 15.3 Å². The van der Waals surface area contributed by atoms with E-state index in [0.29, 0.717) is 24.8 Å². The fourth-order valence-corrected chi connectivity index (χ4v) is 2.31. The molecule has 24 heavy (non-hydrogen) atoms. The number of nitrogens with zero attached hydrogens (tertiary/aromatic N) is 4. The Morgan fingerprint density at radius 1 is 1.38 bits per heavy atom. The second-order valence-electron chi connectivity index (χ2n) is 6.26. The summed E-state index contributed by atoms with van der Waals surface area (Å²) in [6, 6.07) is 2.43. The Hall–Kier alpha value is -2.55. The Balaban J connectivity index is 1.58. The lowest BCUT2D eigenvalue weighted by atomic mass is 10.1. The van der Waals surface area contributed by atoms with Gasteiger partial charge in [0.05, 0.1) is 17.9 Å². The summed E-state index contributed by atoms with van der Waals surface area (Å²) < 4.78 is 28.0. The highest BCUT2D eigenvalue weighted by Crippen LogP contribution is 2.24. The van der Waals surface area contributed by atoms with Gasteiger partial charge in [0, 0.05) is 19.2 Å². The summed E-state index contributed by atoms with van der Waals surface area (Å²) >= 11 is 0. The number of aromatic nitrogens is 3. The molecule has 0 atom stereocenters. The number of amides is 2. The van der Waals surface area contributed by atoms with Crippen molar-refractivity contribution in [2.24, 2.45) is 0 Å². The van der Waals surface area contributed by atoms with Gasteiger partial charge in [-0.25, -0.2) is 18.3 Å². The van der Waals surface area contributed by atoms with Crippen LogP contribution in [0.15, 0.2) is 24.4 Å². The third-order valence-electron chi connectivity index (χ3n) is 3.83. The number of rotatable bonds is 3. The van der Waals surface area contributed by atoms with Gasteiger partial charge in [0.1, 0.15) is 22.9 Å². The maximum absolute atomic E-state index is 13.5. The number of carbonyl (C=O) groups excluding carboxylic acids is 1. The smallest absolute Gasteiger partial charge is 0.322 e. The fraction of sp³-hybridized carbons (Fsp3) is 0.400. The maximum Gasteiger partial charge on any atom is 0.322 e. The predicted molar refractivity (Wildman–Crippen MR) is 81.3 cm³/mol. The van der Waals surface area contributed by atoms with Gasteiger partial charge in [0.25, 0.3) is 0 Å².